The fraction of sp³-hybridized carbons (Fsp3) is 0.952. The van der Waals surface area contributed by atoms with Gasteiger partial charge in [0.1, 0.15) is 14.3 Å². The zero-order chi connectivity index (χ0) is 28.8. The summed E-state index contributed by atoms with van der Waals surface area (Å²) in [4.78, 5) is 16.3. The van der Waals surface area contributed by atoms with Crippen LogP contribution in [0.2, 0.25) is 98.2 Å². The molecule has 0 fully saturated rings. The molecule has 0 aromatic heterocycles. The second-order valence-electron chi connectivity index (χ2n) is 14.0. The number of nitrogens with one attached hydrogen (secondary N) is 1. The van der Waals surface area contributed by atoms with Gasteiger partial charge in [-0.25, -0.2) is 4.57 Å². The van der Waals surface area contributed by atoms with Gasteiger partial charge in [-0.1, -0.05) is 19.6 Å². The summed E-state index contributed by atoms with van der Waals surface area (Å²) in [6.07, 6.45) is -0.404. The van der Waals surface area contributed by atoms with Gasteiger partial charge in [0, 0.05) is 0 Å². The fourth-order valence-corrected chi connectivity index (χ4v) is 10.5. The molecular formula is C21H54NO8PSi5. The van der Waals surface area contributed by atoms with Crippen LogP contribution in [0.4, 0.5) is 0 Å². The Kier molecular flexibility index (Phi) is 14.0. The first-order valence-corrected chi connectivity index (χ1v) is 31.2. The average molecular weight is 620 g/mol. The molecule has 0 spiro atoms. The van der Waals surface area contributed by atoms with Crippen LogP contribution in [0, 0.1) is 0 Å². The zero-order valence-corrected chi connectivity index (χ0v) is 31.4. The van der Waals surface area contributed by atoms with Gasteiger partial charge in [-0.15, -0.1) is 0 Å². The first kappa shape index (κ1) is 36.5. The molecule has 15 heteroatoms. The third kappa shape index (κ3) is 20.5. The summed E-state index contributed by atoms with van der Waals surface area (Å²) in [5.41, 5.74) is 0. The molecule has 1 N–H and O–H groups in total. The number of phosphoric acid groups is 1. The molecule has 0 saturated heterocycles. The van der Waals surface area contributed by atoms with Gasteiger partial charge in [0.05, 0.1) is 25.9 Å². The lowest BCUT2D eigenvalue weighted by Gasteiger charge is -2.32. The van der Waals surface area contributed by atoms with E-state index in [-0.39, 0.29) is 13.2 Å². The highest BCUT2D eigenvalue weighted by Crippen LogP contribution is 2.52. The van der Waals surface area contributed by atoms with Crippen LogP contribution in [0.5, 0.6) is 0 Å². The molecule has 0 amide bonds. The molecule has 0 radical (unpaired) electrons. The maximum atomic E-state index is 13.8. The molecule has 0 bridgehead atoms. The van der Waals surface area contributed by atoms with Crippen LogP contribution in [-0.4, -0.2) is 79.4 Å². The van der Waals surface area contributed by atoms with Crippen LogP contribution in [0.15, 0.2) is 0 Å². The Balaban J connectivity index is 5.74. The Morgan fingerprint density at radius 3 is 1.58 bits per heavy atom. The van der Waals surface area contributed by atoms with E-state index in [1.807, 2.05) is 39.3 Å². The molecule has 3 unspecified atom stereocenters. The quantitative estimate of drug-likeness (QED) is 0.150. The Morgan fingerprint density at radius 2 is 1.19 bits per heavy atom. The lowest BCUT2D eigenvalue weighted by Crippen LogP contribution is -2.55. The minimum absolute atomic E-state index is 0.00196. The van der Waals surface area contributed by atoms with Crippen molar-refractivity contribution in [2.24, 2.45) is 0 Å². The van der Waals surface area contributed by atoms with Gasteiger partial charge in [-0.2, -0.15) is 0 Å². The van der Waals surface area contributed by atoms with Gasteiger partial charge in [-0.3, -0.25) is 13.8 Å². The number of carbonyl (C=O) groups excluding carboxylic acids is 1. The Labute approximate surface area is 225 Å². The van der Waals surface area contributed by atoms with E-state index < -0.39 is 67.4 Å². The molecule has 0 heterocycles. The number of carbonyl (C=O) groups is 1. The first-order chi connectivity index (χ1) is 15.7. The molecule has 0 saturated carbocycles. The van der Waals surface area contributed by atoms with E-state index in [4.69, 9.17) is 26.5 Å². The van der Waals surface area contributed by atoms with Crippen molar-refractivity contribution in [3.8, 4) is 0 Å². The smallest absolute Gasteiger partial charge is 0.465 e. The summed E-state index contributed by atoms with van der Waals surface area (Å²) in [5, 5.41) is 0. The molecule has 0 aromatic rings. The van der Waals surface area contributed by atoms with Crippen LogP contribution in [0.1, 0.15) is 0 Å². The highest BCUT2D eigenvalue weighted by Gasteiger charge is 2.39. The lowest BCUT2D eigenvalue weighted by atomic mass is 10.3. The van der Waals surface area contributed by atoms with E-state index in [0.29, 0.717) is 6.61 Å². The van der Waals surface area contributed by atoms with E-state index in [0.717, 1.165) is 0 Å². The predicted molar refractivity (Wildman–Crippen MR) is 161 cm³/mol. The normalized spacial score (nSPS) is 17.4. The van der Waals surface area contributed by atoms with Crippen LogP contribution in [0.25, 0.3) is 0 Å². The number of hydrogen-bond donors (Lipinski definition) is 1. The van der Waals surface area contributed by atoms with E-state index in [1.54, 1.807) is 0 Å². The van der Waals surface area contributed by atoms with E-state index >= 15 is 0 Å². The third-order valence-electron chi connectivity index (χ3n) is 3.72. The molecule has 216 valence electrons. The minimum Gasteiger partial charge on any atom is -0.519 e. The zero-order valence-electron chi connectivity index (χ0n) is 25.5. The van der Waals surface area contributed by atoms with Gasteiger partial charge in [0.15, 0.2) is 25.0 Å². The summed E-state index contributed by atoms with van der Waals surface area (Å²) in [6, 6.07) is -0.769. The summed E-state index contributed by atoms with van der Waals surface area (Å²) >= 11 is 0. The molecule has 36 heavy (non-hydrogen) atoms. The fourth-order valence-electron chi connectivity index (χ4n) is 2.79. The van der Waals surface area contributed by atoms with Crippen molar-refractivity contribution in [1.29, 1.82) is 0 Å². The van der Waals surface area contributed by atoms with Crippen LogP contribution in [0.3, 0.4) is 0 Å². The Morgan fingerprint density at radius 1 is 0.694 bits per heavy atom. The monoisotopic (exact) mass is 619 g/mol. The molecule has 9 nitrogen and oxygen atoms in total. The largest absolute Gasteiger partial charge is 0.519 e. The van der Waals surface area contributed by atoms with Gasteiger partial charge in [0.2, 0.25) is 8.32 Å². The predicted octanol–water partition coefficient (Wildman–Crippen LogP) is 6.22. The number of rotatable bonds is 17. The lowest BCUT2D eigenvalue weighted by molar-refractivity contribution is -0.137. The molecule has 0 aliphatic carbocycles. The summed E-state index contributed by atoms with van der Waals surface area (Å²) in [6.45, 7) is 30.5. The molecule has 3 atom stereocenters. The highest BCUT2D eigenvalue weighted by atomic mass is 31.2. The topological polar surface area (TPSA) is 102 Å². The van der Waals surface area contributed by atoms with Crippen molar-refractivity contribution >= 4 is 55.3 Å². The first-order valence-electron chi connectivity index (χ1n) is 12.6. The summed E-state index contributed by atoms with van der Waals surface area (Å²) in [5.74, 6) is -0.403. The molecule has 0 aliphatic rings. The van der Waals surface area contributed by atoms with Crippen LogP contribution >= 0.6 is 7.82 Å². The van der Waals surface area contributed by atoms with Crippen LogP contribution in [-0.2, 0) is 35.9 Å². The SMILES string of the molecule is C[Si](C)(C)NC(COP(=O)(OCC(CO[Si](C)(C)C)O[Si](C)(C)C)O[Si](C)(C)C)C(=O)O[Si](C)(C)C. The number of phosphoric ester groups is 1. The van der Waals surface area contributed by atoms with Gasteiger partial charge in [-0.05, 0) is 78.6 Å². The van der Waals surface area contributed by atoms with Crippen molar-refractivity contribution in [2.75, 3.05) is 19.8 Å². The number of hydrogen-bond acceptors (Lipinski definition) is 9. The standard InChI is InChI=1S/C21H54NO8PSi5/c1-32(2,3)22-20(21(23)29-35(10,11)12)18-26-31(24,30-36(13,14)15)25-16-19(28-34(7,8)9)17-27-33(4,5)6/h19-20,22H,16-18H2,1-15H3. The van der Waals surface area contributed by atoms with Crippen molar-refractivity contribution < 1.29 is 35.9 Å². The van der Waals surface area contributed by atoms with E-state index in [2.05, 4.69) is 63.9 Å². The van der Waals surface area contributed by atoms with Crippen molar-refractivity contribution in [2.45, 2.75) is 110 Å². The average Bonchev–Trinajstić information content (AvgIpc) is 2.55. The second kappa shape index (κ2) is 13.7. The van der Waals surface area contributed by atoms with Gasteiger partial charge in [0.25, 0.3) is 0 Å². The molecule has 0 aliphatic heterocycles. The highest BCUT2D eigenvalue weighted by molar-refractivity contribution is 7.50. The van der Waals surface area contributed by atoms with Gasteiger partial charge >= 0.3 is 13.8 Å². The third-order valence-corrected chi connectivity index (χ3v) is 11.8. The Hall–Kier alpha value is 0.544. The van der Waals surface area contributed by atoms with Gasteiger partial charge < -0.3 is 22.5 Å². The van der Waals surface area contributed by atoms with Crippen LogP contribution < -0.4 is 4.98 Å². The molecule has 0 aromatic carbocycles. The van der Waals surface area contributed by atoms with Crippen molar-refractivity contribution in [1.82, 2.24) is 4.98 Å². The summed E-state index contributed by atoms with van der Waals surface area (Å²) in [7, 11) is -14.1. The maximum Gasteiger partial charge on any atom is 0.465 e. The second-order valence-corrected chi connectivity index (χ2v) is 38.6. The van der Waals surface area contributed by atoms with Crippen molar-refractivity contribution in [3.63, 3.8) is 0 Å². The minimum atomic E-state index is -4.00. The summed E-state index contributed by atoms with van der Waals surface area (Å²) < 4.78 is 49.5. The molecular weight excluding hydrogens is 566 g/mol. The Bertz CT molecular complexity index is 739. The van der Waals surface area contributed by atoms with E-state index in [1.165, 1.54) is 0 Å². The van der Waals surface area contributed by atoms with Crippen molar-refractivity contribution in [3.05, 3.63) is 0 Å². The maximum absolute atomic E-state index is 13.8. The van der Waals surface area contributed by atoms with E-state index in [9.17, 15) is 9.36 Å². The molecule has 0 rings (SSSR count).